The summed E-state index contributed by atoms with van der Waals surface area (Å²) in [6.07, 6.45) is 0. The zero-order valence-corrected chi connectivity index (χ0v) is 5.70. The SMILES string of the molecule is CC(S)=C(C)C(=O)O. The number of thiol groups is 1. The summed E-state index contributed by atoms with van der Waals surface area (Å²) in [7, 11) is 0. The van der Waals surface area contributed by atoms with Gasteiger partial charge in [0.15, 0.2) is 0 Å². The zero-order valence-electron chi connectivity index (χ0n) is 4.80. The van der Waals surface area contributed by atoms with Gasteiger partial charge in [-0.2, -0.15) is 0 Å². The molecule has 0 atom stereocenters. The quantitative estimate of drug-likeness (QED) is 0.416. The molecule has 3 heteroatoms. The van der Waals surface area contributed by atoms with E-state index in [0.29, 0.717) is 10.5 Å². The van der Waals surface area contributed by atoms with Crippen LogP contribution in [0.4, 0.5) is 0 Å². The van der Waals surface area contributed by atoms with Gasteiger partial charge in [-0.15, -0.1) is 12.6 Å². The molecule has 2 nitrogen and oxygen atoms in total. The smallest absolute Gasteiger partial charge is 0.332 e. The third kappa shape index (κ3) is 2.02. The average molecular weight is 132 g/mol. The Morgan fingerprint density at radius 1 is 1.50 bits per heavy atom. The van der Waals surface area contributed by atoms with Crippen molar-refractivity contribution < 1.29 is 9.90 Å². The number of hydrogen-bond acceptors (Lipinski definition) is 2. The molecule has 1 N–H and O–H groups in total. The Morgan fingerprint density at radius 3 is 1.88 bits per heavy atom. The van der Waals surface area contributed by atoms with Crippen LogP contribution in [0.3, 0.4) is 0 Å². The van der Waals surface area contributed by atoms with Gasteiger partial charge < -0.3 is 5.11 Å². The van der Waals surface area contributed by atoms with Gasteiger partial charge in [0.25, 0.3) is 0 Å². The molecule has 0 bridgehead atoms. The molecule has 0 saturated carbocycles. The van der Waals surface area contributed by atoms with E-state index in [-0.39, 0.29) is 0 Å². The van der Waals surface area contributed by atoms with Crippen molar-refractivity contribution >= 4 is 18.6 Å². The first kappa shape index (κ1) is 7.56. The number of allylic oxidation sites excluding steroid dienone is 1. The van der Waals surface area contributed by atoms with Crippen molar-refractivity contribution in [2.75, 3.05) is 0 Å². The average Bonchev–Trinajstić information content (AvgIpc) is 1.64. The first-order valence-corrected chi connectivity index (χ1v) is 2.60. The Balaban J connectivity index is 4.23. The van der Waals surface area contributed by atoms with Crippen molar-refractivity contribution in [3.63, 3.8) is 0 Å². The molecule has 0 radical (unpaired) electrons. The van der Waals surface area contributed by atoms with Crippen LogP contribution in [-0.4, -0.2) is 11.1 Å². The van der Waals surface area contributed by atoms with Gasteiger partial charge in [0, 0.05) is 5.57 Å². The highest BCUT2D eigenvalue weighted by molar-refractivity contribution is 7.84. The van der Waals surface area contributed by atoms with Crippen LogP contribution < -0.4 is 0 Å². The summed E-state index contributed by atoms with van der Waals surface area (Å²) in [4.78, 5) is 10.6. The fraction of sp³-hybridized carbons (Fsp3) is 0.400. The summed E-state index contributed by atoms with van der Waals surface area (Å²) in [5.74, 6) is -0.905. The molecule has 0 amide bonds. The molecule has 0 aromatic rings. The molecule has 0 saturated heterocycles. The summed E-state index contributed by atoms with van der Waals surface area (Å²) in [5.41, 5.74) is 0.299. The molecule has 0 unspecified atom stereocenters. The normalized spacial score (nSPS) is 12.9. The molecule has 0 fully saturated rings. The van der Waals surface area contributed by atoms with E-state index < -0.39 is 5.97 Å². The minimum absolute atomic E-state index is 0.299. The fourth-order valence-corrected chi connectivity index (χ4v) is 0.250. The Morgan fingerprint density at radius 2 is 1.88 bits per heavy atom. The topological polar surface area (TPSA) is 37.3 Å². The van der Waals surface area contributed by atoms with Gasteiger partial charge in [-0.3, -0.25) is 0 Å². The van der Waals surface area contributed by atoms with E-state index in [1.807, 2.05) is 0 Å². The fourth-order valence-electron chi connectivity index (χ4n) is 0.155. The minimum Gasteiger partial charge on any atom is -0.478 e. The van der Waals surface area contributed by atoms with Gasteiger partial charge in [0.1, 0.15) is 0 Å². The number of rotatable bonds is 1. The number of carboxylic acid groups (broad SMARTS) is 1. The predicted octanol–water partition coefficient (Wildman–Crippen LogP) is 1.29. The van der Waals surface area contributed by atoms with Gasteiger partial charge >= 0.3 is 5.97 Å². The Hall–Kier alpha value is -0.440. The van der Waals surface area contributed by atoms with Crippen molar-refractivity contribution in [1.29, 1.82) is 0 Å². The van der Waals surface area contributed by atoms with Crippen molar-refractivity contribution in [2.45, 2.75) is 13.8 Å². The van der Waals surface area contributed by atoms with Crippen LogP contribution in [0.2, 0.25) is 0 Å². The van der Waals surface area contributed by atoms with Gasteiger partial charge in [-0.05, 0) is 18.8 Å². The molecule has 0 spiro atoms. The van der Waals surface area contributed by atoms with Crippen LogP contribution in [-0.2, 0) is 4.79 Å². The van der Waals surface area contributed by atoms with Crippen LogP contribution in [0, 0.1) is 0 Å². The largest absolute Gasteiger partial charge is 0.478 e. The van der Waals surface area contributed by atoms with Gasteiger partial charge in [-0.25, -0.2) is 4.79 Å². The van der Waals surface area contributed by atoms with E-state index in [4.69, 9.17) is 5.11 Å². The van der Waals surface area contributed by atoms with Crippen molar-refractivity contribution in [2.24, 2.45) is 0 Å². The van der Waals surface area contributed by atoms with E-state index in [0.717, 1.165) is 0 Å². The maximum atomic E-state index is 10.0. The monoisotopic (exact) mass is 132 g/mol. The van der Waals surface area contributed by atoms with Crippen molar-refractivity contribution in [1.82, 2.24) is 0 Å². The summed E-state index contributed by atoms with van der Waals surface area (Å²) < 4.78 is 0. The van der Waals surface area contributed by atoms with Crippen LogP contribution in [0.5, 0.6) is 0 Å². The number of carboxylic acids is 1. The molecule has 46 valence electrons. The maximum Gasteiger partial charge on any atom is 0.332 e. The van der Waals surface area contributed by atoms with Crippen LogP contribution in [0.15, 0.2) is 10.5 Å². The molecule has 0 aliphatic rings. The first-order chi connectivity index (χ1) is 3.55. The number of aliphatic carboxylic acids is 1. The molecule has 8 heavy (non-hydrogen) atoms. The lowest BCUT2D eigenvalue weighted by Gasteiger charge is -1.91. The highest BCUT2D eigenvalue weighted by atomic mass is 32.1. The van der Waals surface area contributed by atoms with Crippen LogP contribution in [0.1, 0.15) is 13.8 Å². The second-order valence-corrected chi connectivity index (χ2v) is 2.19. The second-order valence-electron chi connectivity index (χ2n) is 1.52. The second kappa shape index (κ2) is 2.77. The van der Waals surface area contributed by atoms with E-state index in [9.17, 15) is 4.79 Å². The molecule has 0 aliphatic heterocycles. The lowest BCUT2D eigenvalue weighted by molar-refractivity contribution is -0.132. The standard InChI is InChI=1S/C5H8O2S/c1-3(4(2)8)5(6)7/h8H,1-2H3,(H,6,7). The Bertz CT molecular complexity index is 133. The third-order valence-electron chi connectivity index (χ3n) is 0.864. The van der Waals surface area contributed by atoms with E-state index >= 15 is 0 Å². The highest BCUT2D eigenvalue weighted by Gasteiger charge is 1.99. The van der Waals surface area contributed by atoms with Gasteiger partial charge in [0.05, 0.1) is 0 Å². The molecular formula is C5H8O2S. The van der Waals surface area contributed by atoms with Gasteiger partial charge in [-0.1, -0.05) is 0 Å². The third-order valence-corrected chi connectivity index (χ3v) is 1.20. The molecule has 0 heterocycles. The van der Waals surface area contributed by atoms with Crippen molar-refractivity contribution in [3.05, 3.63) is 10.5 Å². The highest BCUT2D eigenvalue weighted by Crippen LogP contribution is 2.05. The number of hydrogen-bond donors (Lipinski definition) is 2. The molecule has 0 rings (SSSR count). The summed E-state index contributed by atoms with van der Waals surface area (Å²) in [6, 6.07) is 0. The minimum atomic E-state index is -0.905. The van der Waals surface area contributed by atoms with E-state index in [2.05, 4.69) is 12.6 Å². The predicted molar refractivity (Wildman–Crippen MR) is 35.0 cm³/mol. The molecule has 0 aromatic heterocycles. The summed E-state index contributed by atoms with van der Waals surface area (Å²) >= 11 is 3.83. The molecular weight excluding hydrogens is 124 g/mol. The van der Waals surface area contributed by atoms with Crippen LogP contribution >= 0.6 is 12.6 Å². The Labute approximate surface area is 53.6 Å². The number of carbonyl (C=O) groups is 1. The van der Waals surface area contributed by atoms with E-state index in [1.165, 1.54) is 6.92 Å². The summed E-state index contributed by atoms with van der Waals surface area (Å²) in [5, 5.41) is 8.25. The first-order valence-electron chi connectivity index (χ1n) is 2.15. The van der Waals surface area contributed by atoms with Crippen LogP contribution in [0.25, 0.3) is 0 Å². The Kier molecular flexibility index (Phi) is 2.62. The summed E-state index contributed by atoms with van der Waals surface area (Å²) in [6.45, 7) is 3.16. The maximum absolute atomic E-state index is 10.0. The lowest BCUT2D eigenvalue weighted by Crippen LogP contribution is -1.96. The zero-order chi connectivity index (χ0) is 6.73. The molecule has 0 aromatic carbocycles. The van der Waals surface area contributed by atoms with E-state index in [1.54, 1.807) is 6.92 Å². The lowest BCUT2D eigenvalue weighted by atomic mass is 10.3. The van der Waals surface area contributed by atoms with Gasteiger partial charge in [0.2, 0.25) is 0 Å². The van der Waals surface area contributed by atoms with Crippen molar-refractivity contribution in [3.8, 4) is 0 Å². The molecule has 0 aliphatic carbocycles.